The molecule has 2 unspecified atom stereocenters. The van der Waals surface area contributed by atoms with Crippen molar-refractivity contribution in [2.45, 2.75) is 51.2 Å². The van der Waals surface area contributed by atoms with Crippen LogP contribution in [0.3, 0.4) is 0 Å². The maximum atomic E-state index is 5.55. The van der Waals surface area contributed by atoms with Gasteiger partial charge in [0.05, 0.1) is 6.10 Å². The first kappa shape index (κ1) is 11.5. The van der Waals surface area contributed by atoms with Crippen LogP contribution in [0.25, 0.3) is 0 Å². The monoisotopic (exact) mass is 196 g/mol. The standard InChI is InChI=1S/C11H20N2O/c1-2-3-5-10(13-12)7-8-11-6-4-9-14-11/h10-11,13H,4-9,12H2,1H3. The molecule has 2 atom stereocenters. The molecule has 0 aliphatic carbocycles. The van der Waals surface area contributed by atoms with E-state index < -0.39 is 0 Å². The minimum atomic E-state index is 0.312. The zero-order chi connectivity index (χ0) is 10.2. The molecule has 0 saturated carbocycles. The Morgan fingerprint density at radius 2 is 2.50 bits per heavy atom. The molecule has 1 aliphatic rings. The second-order valence-corrected chi connectivity index (χ2v) is 3.71. The van der Waals surface area contributed by atoms with Gasteiger partial charge in [-0.2, -0.15) is 0 Å². The quantitative estimate of drug-likeness (QED) is 0.394. The summed E-state index contributed by atoms with van der Waals surface area (Å²) < 4.78 is 5.55. The van der Waals surface area contributed by atoms with E-state index in [9.17, 15) is 0 Å². The highest BCUT2D eigenvalue weighted by Crippen LogP contribution is 2.18. The van der Waals surface area contributed by atoms with Gasteiger partial charge in [0.1, 0.15) is 0 Å². The predicted molar refractivity (Wildman–Crippen MR) is 57.4 cm³/mol. The Balaban J connectivity index is 2.14. The van der Waals surface area contributed by atoms with Crippen molar-refractivity contribution >= 4 is 0 Å². The van der Waals surface area contributed by atoms with Crippen molar-refractivity contribution in [2.24, 2.45) is 5.84 Å². The van der Waals surface area contributed by atoms with E-state index in [1.165, 1.54) is 12.8 Å². The van der Waals surface area contributed by atoms with E-state index in [-0.39, 0.29) is 0 Å². The molecule has 0 aromatic carbocycles. The minimum absolute atomic E-state index is 0.312. The second-order valence-electron chi connectivity index (χ2n) is 3.71. The van der Waals surface area contributed by atoms with E-state index in [2.05, 4.69) is 17.3 Å². The molecule has 0 amide bonds. The lowest BCUT2D eigenvalue weighted by molar-refractivity contribution is 0.0997. The smallest absolute Gasteiger partial charge is 0.0576 e. The van der Waals surface area contributed by atoms with E-state index in [1.807, 2.05) is 6.92 Å². The summed E-state index contributed by atoms with van der Waals surface area (Å²) in [6, 6.07) is 0.312. The highest BCUT2D eigenvalue weighted by atomic mass is 16.5. The maximum absolute atomic E-state index is 5.55. The van der Waals surface area contributed by atoms with Gasteiger partial charge >= 0.3 is 0 Å². The van der Waals surface area contributed by atoms with Gasteiger partial charge in [-0.25, -0.2) is 0 Å². The maximum Gasteiger partial charge on any atom is 0.0576 e. The molecule has 3 heteroatoms. The summed E-state index contributed by atoms with van der Waals surface area (Å²) in [7, 11) is 0. The van der Waals surface area contributed by atoms with Gasteiger partial charge in [0.2, 0.25) is 0 Å². The van der Waals surface area contributed by atoms with Gasteiger partial charge in [-0.05, 0) is 32.6 Å². The number of nitrogens with two attached hydrogens (primary N) is 1. The zero-order valence-electron chi connectivity index (χ0n) is 8.88. The number of hydrogen-bond donors (Lipinski definition) is 2. The fraction of sp³-hybridized carbons (Fsp3) is 0.818. The van der Waals surface area contributed by atoms with Crippen molar-refractivity contribution in [1.82, 2.24) is 5.43 Å². The number of ether oxygens (including phenoxy) is 1. The summed E-state index contributed by atoms with van der Waals surface area (Å²) in [4.78, 5) is 0. The molecule has 80 valence electrons. The van der Waals surface area contributed by atoms with E-state index in [0.717, 1.165) is 25.9 Å². The van der Waals surface area contributed by atoms with Crippen molar-refractivity contribution in [1.29, 1.82) is 0 Å². The fourth-order valence-electron chi connectivity index (χ4n) is 1.73. The van der Waals surface area contributed by atoms with Crippen LogP contribution in [0.15, 0.2) is 0 Å². The summed E-state index contributed by atoms with van der Waals surface area (Å²) >= 11 is 0. The topological polar surface area (TPSA) is 47.3 Å². The number of rotatable bonds is 5. The molecule has 14 heavy (non-hydrogen) atoms. The van der Waals surface area contributed by atoms with Crippen LogP contribution < -0.4 is 11.3 Å². The molecule has 1 rings (SSSR count). The van der Waals surface area contributed by atoms with E-state index in [0.29, 0.717) is 12.1 Å². The van der Waals surface area contributed by atoms with Crippen molar-refractivity contribution in [3.8, 4) is 11.8 Å². The first-order valence-electron chi connectivity index (χ1n) is 5.34. The van der Waals surface area contributed by atoms with Crippen LogP contribution in [0.2, 0.25) is 0 Å². The van der Waals surface area contributed by atoms with Gasteiger partial charge in [0.25, 0.3) is 0 Å². The third kappa shape index (κ3) is 4.10. The van der Waals surface area contributed by atoms with Crippen LogP contribution in [0, 0.1) is 11.8 Å². The first-order valence-corrected chi connectivity index (χ1v) is 5.34. The second kappa shape index (κ2) is 6.83. The Kier molecular flexibility index (Phi) is 5.62. The van der Waals surface area contributed by atoms with E-state index in [1.54, 1.807) is 0 Å². The van der Waals surface area contributed by atoms with E-state index in [4.69, 9.17) is 10.6 Å². The molecule has 1 heterocycles. The first-order chi connectivity index (χ1) is 6.86. The largest absolute Gasteiger partial charge is 0.378 e. The summed E-state index contributed by atoms with van der Waals surface area (Å²) in [5.41, 5.74) is 2.80. The lowest BCUT2D eigenvalue weighted by Gasteiger charge is -2.15. The Morgan fingerprint density at radius 3 is 3.07 bits per heavy atom. The predicted octanol–water partition coefficient (Wildman–Crippen LogP) is 1.19. The molecule has 0 aromatic heterocycles. The average Bonchev–Trinajstić information content (AvgIpc) is 2.71. The van der Waals surface area contributed by atoms with E-state index >= 15 is 0 Å². The lowest BCUT2D eigenvalue weighted by atomic mass is 10.0. The third-order valence-electron chi connectivity index (χ3n) is 2.62. The average molecular weight is 196 g/mol. The molecule has 0 radical (unpaired) electrons. The Hall–Kier alpha value is -0.560. The van der Waals surface area contributed by atoms with Gasteiger partial charge < -0.3 is 4.74 Å². The number of hydrazine groups is 1. The van der Waals surface area contributed by atoms with Crippen molar-refractivity contribution in [3.63, 3.8) is 0 Å². The van der Waals surface area contributed by atoms with Gasteiger partial charge in [0.15, 0.2) is 0 Å². The van der Waals surface area contributed by atoms with Crippen LogP contribution in [0.5, 0.6) is 0 Å². The summed E-state index contributed by atoms with van der Waals surface area (Å²) in [5.74, 6) is 11.4. The normalized spacial score (nSPS) is 22.9. The number of hydrogen-bond acceptors (Lipinski definition) is 3. The van der Waals surface area contributed by atoms with Gasteiger partial charge in [-0.1, -0.05) is 0 Å². The summed E-state index contributed by atoms with van der Waals surface area (Å²) in [6.45, 7) is 2.79. The fourth-order valence-corrected chi connectivity index (χ4v) is 1.73. The Labute approximate surface area is 86.4 Å². The molecule has 1 aliphatic heterocycles. The van der Waals surface area contributed by atoms with Crippen LogP contribution in [-0.2, 0) is 4.74 Å². The molecule has 0 aromatic rings. The van der Waals surface area contributed by atoms with Gasteiger partial charge in [-0.3, -0.25) is 11.3 Å². The molecule has 3 nitrogen and oxygen atoms in total. The molecule has 1 fully saturated rings. The Bertz CT molecular complexity index is 201. The van der Waals surface area contributed by atoms with Gasteiger partial charge in [-0.15, -0.1) is 11.8 Å². The van der Waals surface area contributed by atoms with Crippen LogP contribution >= 0.6 is 0 Å². The molecule has 1 saturated heterocycles. The summed E-state index contributed by atoms with van der Waals surface area (Å²) in [5, 5.41) is 0. The highest BCUT2D eigenvalue weighted by molar-refractivity contribution is 4.97. The molecular weight excluding hydrogens is 176 g/mol. The Morgan fingerprint density at radius 1 is 1.64 bits per heavy atom. The van der Waals surface area contributed by atoms with Crippen LogP contribution in [0.1, 0.15) is 39.0 Å². The van der Waals surface area contributed by atoms with Crippen molar-refractivity contribution in [3.05, 3.63) is 0 Å². The summed E-state index contributed by atoms with van der Waals surface area (Å²) in [6.07, 6.45) is 5.85. The molecule has 0 bridgehead atoms. The molecular formula is C11H20N2O. The van der Waals surface area contributed by atoms with Crippen molar-refractivity contribution < 1.29 is 4.74 Å². The van der Waals surface area contributed by atoms with Crippen molar-refractivity contribution in [2.75, 3.05) is 6.61 Å². The molecule has 0 spiro atoms. The zero-order valence-corrected chi connectivity index (χ0v) is 8.88. The lowest BCUT2D eigenvalue weighted by Crippen LogP contribution is -2.35. The SMILES string of the molecule is CC#CCC(CCC1CCCO1)NN. The molecule has 3 N–H and O–H groups in total. The van der Waals surface area contributed by atoms with Crippen LogP contribution in [-0.4, -0.2) is 18.8 Å². The van der Waals surface area contributed by atoms with Crippen LogP contribution in [0.4, 0.5) is 0 Å². The minimum Gasteiger partial charge on any atom is -0.378 e. The van der Waals surface area contributed by atoms with Gasteiger partial charge in [0, 0.05) is 19.1 Å². The third-order valence-corrected chi connectivity index (χ3v) is 2.62. The highest BCUT2D eigenvalue weighted by Gasteiger charge is 2.16. The number of nitrogens with one attached hydrogen (secondary N) is 1.